The molecule has 19 heavy (non-hydrogen) atoms. The molecule has 98 valence electrons. The van der Waals surface area contributed by atoms with Gasteiger partial charge in [0.05, 0.1) is 0 Å². The molecule has 1 N–H and O–H groups in total. The molecule has 0 bridgehead atoms. The first-order chi connectivity index (χ1) is 9.38. The van der Waals surface area contributed by atoms with Crippen LogP contribution in [-0.2, 0) is 6.42 Å². The Bertz CT molecular complexity index is 541. The third-order valence-corrected chi connectivity index (χ3v) is 4.98. The fraction of sp³-hybridized carbons (Fsp3) is 0.312. The predicted molar refractivity (Wildman–Crippen MR) is 80.7 cm³/mol. The van der Waals surface area contributed by atoms with Gasteiger partial charge in [-0.3, -0.25) is 4.98 Å². The van der Waals surface area contributed by atoms with Crippen molar-refractivity contribution in [2.45, 2.75) is 23.3 Å². The summed E-state index contributed by atoms with van der Waals surface area (Å²) >= 11 is 1.97. The first-order valence-electron chi connectivity index (χ1n) is 6.66. The van der Waals surface area contributed by atoms with E-state index in [0.29, 0.717) is 12.0 Å². The fourth-order valence-electron chi connectivity index (χ4n) is 2.74. The van der Waals surface area contributed by atoms with Crippen molar-refractivity contribution in [3.05, 3.63) is 59.9 Å². The highest BCUT2D eigenvalue weighted by molar-refractivity contribution is 7.99. The van der Waals surface area contributed by atoms with E-state index in [0.717, 1.165) is 6.42 Å². The number of hydrogen-bond donors (Lipinski definition) is 1. The van der Waals surface area contributed by atoms with Crippen LogP contribution in [0.15, 0.2) is 53.7 Å². The molecular formula is C16H18N2S. The predicted octanol–water partition coefficient (Wildman–Crippen LogP) is 3.10. The van der Waals surface area contributed by atoms with E-state index in [1.165, 1.54) is 21.8 Å². The Morgan fingerprint density at radius 1 is 1.32 bits per heavy atom. The maximum absolute atomic E-state index is 4.21. The highest BCUT2D eigenvalue weighted by Crippen LogP contribution is 2.41. The topological polar surface area (TPSA) is 24.9 Å². The molecule has 2 nitrogen and oxygen atoms in total. The zero-order chi connectivity index (χ0) is 13.1. The molecule has 2 heterocycles. The number of hydrogen-bond acceptors (Lipinski definition) is 3. The lowest BCUT2D eigenvalue weighted by molar-refractivity contribution is 0.488. The van der Waals surface area contributed by atoms with Crippen molar-refractivity contribution in [1.29, 1.82) is 0 Å². The third kappa shape index (κ3) is 2.67. The Balaban J connectivity index is 1.81. The van der Waals surface area contributed by atoms with Crippen molar-refractivity contribution in [3.8, 4) is 0 Å². The largest absolute Gasteiger partial charge is 0.316 e. The molecule has 1 aliphatic rings. The minimum Gasteiger partial charge on any atom is -0.316 e. The summed E-state index contributed by atoms with van der Waals surface area (Å²) in [6, 6.07) is 13.4. The van der Waals surface area contributed by atoms with Crippen LogP contribution in [0.5, 0.6) is 0 Å². The van der Waals surface area contributed by atoms with Crippen molar-refractivity contribution >= 4 is 11.8 Å². The van der Waals surface area contributed by atoms with Crippen molar-refractivity contribution in [2.24, 2.45) is 0 Å². The lowest BCUT2D eigenvalue weighted by Gasteiger charge is -2.23. The molecule has 1 aromatic heterocycles. The highest BCUT2D eigenvalue weighted by Gasteiger charge is 2.29. The Labute approximate surface area is 118 Å². The number of aromatic nitrogens is 1. The van der Waals surface area contributed by atoms with Gasteiger partial charge in [0.2, 0.25) is 0 Å². The van der Waals surface area contributed by atoms with E-state index >= 15 is 0 Å². The minimum atomic E-state index is 0.473. The number of nitrogens with zero attached hydrogens (tertiary/aromatic N) is 1. The molecule has 0 saturated heterocycles. The molecule has 0 radical (unpaired) electrons. The van der Waals surface area contributed by atoms with E-state index in [2.05, 4.69) is 47.7 Å². The smallest absolute Gasteiger partial charge is 0.0300 e. The van der Waals surface area contributed by atoms with Crippen molar-refractivity contribution in [1.82, 2.24) is 10.3 Å². The van der Waals surface area contributed by atoms with Crippen LogP contribution in [0.25, 0.3) is 0 Å². The zero-order valence-electron chi connectivity index (χ0n) is 11.0. The van der Waals surface area contributed by atoms with Gasteiger partial charge >= 0.3 is 0 Å². The molecule has 0 amide bonds. The van der Waals surface area contributed by atoms with E-state index in [4.69, 9.17) is 0 Å². The summed E-state index contributed by atoms with van der Waals surface area (Å²) in [5.74, 6) is 1.76. The average Bonchev–Trinajstić information content (AvgIpc) is 2.90. The van der Waals surface area contributed by atoms with Crippen LogP contribution >= 0.6 is 11.8 Å². The number of fused-ring (bicyclic) bond motifs is 1. The number of likely N-dealkylation sites (N-methyl/N-ethyl adjacent to an activating group) is 1. The summed E-state index contributed by atoms with van der Waals surface area (Å²) in [5.41, 5.74) is 2.80. The first kappa shape index (κ1) is 12.7. The van der Waals surface area contributed by atoms with Crippen LogP contribution in [0.2, 0.25) is 0 Å². The van der Waals surface area contributed by atoms with E-state index in [1.54, 1.807) is 0 Å². The van der Waals surface area contributed by atoms with Crippen LogP contribution in [-0.4, -0.2) is 23.8 Å². The molecule has 1 aromatic carbocycles. The average molecular weight is 270 g/mol. The van der Waals surface area contributed by atoms with Crippen LogP contribution in [0.3, 0.4) is 0 Å². The minimum absolute atomic E-state index is 0.473. The Hall–Kier alpha value is -1.32. The normalized spacial score (nSPS) is 19.1. The molecule has 0 fully saturated rings. The van der Waals surface area contributed by atoms with Crippen LogP contribution < -0.4 is 5.32 Å². The maximum atomic E-state index is 4.21. The van der Waals surface area contributed by atoms with Crippen molar-refractivity contribution < 1.29 is 0 Å². The molecule has 2 aromatic rings. The molecule has 3 heteroatoms. The quantitative estimate of drug-likeness (QED) is 0.924. The zero-order valence-corrected chi connectivity index (χ0v) is 11.9. The van der Waals surface area contributed by atoms with E-state index in [-0.39, 0.29) is 0 Å². The van der Waals surface area contributed by atoms with Gasteiger partial charge in [0.25, 0.3) is 0 Å². The van der Waals surface area contributed by atoms with Gasteiger partial charge in [-0.15, -0.1) is 11.8 Å². The standard InChI is InChI=1S/C16H18N2S/c1-17-15(9-12-5-4-8-18-10-12)14-11-19-16-7-3-2-6-13(14)16/h2-8,10,14-15,17H,9,11H2,1H3. The summed E-state index contributed by atoms with van der Waals surface area (Å²) in [4.78, 5) is 5.65. The van der Waals surface area contributed by atoms with Crippen LogP contribution in [0.1, 0.15) is 17.0 Å². The molecule has 0 spiro atoms. The van der Waals surface area contributed by atoms with Gasteiger partial charge < -0.3 is 5.32 Å². The number of thioether (sulfide) groups is 1. The van der Waals surface area contributed by atoms with Crippen molar-refractivity contribution in [3.63, 3.8) is 0 Å². The lowest BCUT2D eigenvalue weighted by atomic mass is 9.89. The monoisotopic (exact) mass is 270 g/mol. The van der Waals surface area contributed by atoms with E-state index < -0.39 is 0 Å². The number of nitrogens with one attached hydrogen (secondary N) is 1. The molecule has 1 aliphatic heterocycles. The summed E-state index contributed by atoms with van der Waals surface area (Å²) < 4.78 is 0. The Morgan fingerprint density at radius 3 is 3.00 bits per heavy atom. The molecule has 2 atom stereocenters. The molecule has 3 rings (SSSR count). The van der Waals surface area contributed by atoms with Gasteiger partial charge in [-0.1, -0.05) is 24.3 Å². The second kappa shape index (κ2) is 5.76. The first-order valence-corrected chi connectivity index (χ1v) is 7.65. The van der Waals surface area contributed by atoms with Gasteiger partial charge in [0, 0.05) is 35.0 Å². The van der Waals surface area contributed by atoms with Gasteiger partial charge in [-0.25, -0.2) is 0 Å². The number of pyridine rings is 1. The summed E-state index contributed by atoms with van der Waals surface area (Å²) in [6.07, 6.45) is 4.83. The third-order valence-electron chi connectivity index (χ3n) is 3.77. The van der Waals surface area contributed by atoms with E-state index in [9.17, 15) is 0 Å². The van der Waals surface area contributed by atoms with Crippen LogP contribution in [0.4, 0.5) is 0 Å². The molecule has 2 unspecified atom stereocenters. The molecule has 0 aliphatic carbocycles. The summed E-state index contributed by atoms with van der Waals surface area (Å²) in [7, 11) is 2.06. The maximum Gasteiger partial charge on any atom is 0.0300 e. The SMILES string of the molecule is CNC(Cc1cccnc1)C1CSc2ccccc21. The number of benzene rings is 1. The van der Waals surface area contributed by atoms with E-state index in [1.807, 2.05) is 30.2 Å². The van der Waals surface area contributed by atoms with Crippen molar-refractivity contribution in [2.75, 3.05) is 12.8 Å². The Morgan fingerprint density at radius 2 is 2.21 bits per heavy atom. The second-order valence-corrected chi connectivity index (χ2v) is 5.98. The van der Waals surface area contributed by atoms with Gasteiger partial charge in [0.15, 0.2) is 0 Å². The van der Waals surface area contributed by atoms with Gasteiger partial charge in [0.1, 0.15) is 0 Å². The van der Waals surface area contributed by atoms with Crippen LogP contribution in [0, 0.1) is 0 Å². The fourth-order valence-corrected chi connectivity index (χ4v) is 4.07. The van der Waals surface area contributed by atoms with Gasteiger partial charge in [-0.05, 0) is 36.7 Å². The van der Waals surface area contributed by atoms with Gasteiger partial charge in [-0.2, -0.15) is 0 Å². The summed E-state index contributed by atoms with van der Waals surface area (Å²) in [5, 5.41) is 3.49. The lowest BCUT2D eigenvalue weighted by Crippen LogP contribution is -2.34. The molecule has 0 saturated carbocycles. The highest BCUT2D eigenvalue weighted by atomic mass is 32.2. The summed E-state index contributed by atoms with van der Waals surface area (Å²) in [6.45, 7) is 0. The Kier molecular flexibility index (Phi) is 3.85. The number of rotatable bonds is 4. The second-order valence-electron chi connectivity index (χ2n) is 4.92. The molecular weight excluding hydrogens is 252 g/mol.